The van der Waals surface area contributed by atoms with Crippen LogP contribution in [0.2, 0.25) is 5.02 Å². The fraction of sp³-hybridized carbons (Fsp3) is 0.550. The minimum Gasteiger partial charge on any atom is -0.379 e. The Morgan fingerprint density at radius 3 is 2.69 bits per heavy atom. The molecule has 0 radical (unpaired) electrons. The molecule has 1 unspecified atom stereocenters. The van der Waals surface area contributed by atoms with Crippen molar-refractivity contribution >= 4 is 17.6 Å². The molecule has 3 rings (SSSR count). The number of halogens is 1. The average molecular weight is 377 g/mol. The molecule has 1 atom stereocenters. The van der Waals surface area contributed by atoms with Crippen LogP contribution in [0.4, 0.5) is 0 Å². The lowest BCUT2D eigenvalue weighted by Crippen LogP contribution is -2.44. The molecule has 0 aromatic heterocycles. The van der Waals surface area contributed by atoms with E-state index in [9.17, 15) is 0 Å². The number of hydrogen-bond acceptors (Lipinski definition) is 3. The van der Waals surface area contributed by atoms with Crippen LogP contribution in [-0.4, -0.2) is 56.3 Å². The highest BCUT2D eigenvalue weighted by Crippen LogP contribution is 2.28. The predicted octanol–water partition coefficient (Wildman–Crippen LogP) is 2.99. The van der Waals surface area contributed by atoms with Gasteiger partial charge >= 0.3 is 0 Å². The molecule has 1 heterocycles. The van der Waals surface area contributed by atoms with Crippen LogP contribution in [0.15, 0.2) is 41.4 Å². The second kappa shape index (κ2) is 9.95. The zero-order valence-electron chi connectivity index (χ0n) is 15.5. The van der Waals surface area contributed by atoms with E-state index in [-0.39, 0.29) is 6.04 Å². The van der Waals surface area contributed by atoms with E-state index < -0.39 is 0 Å². The highest BCUT2D eigenvalue weighted by Gasteiger charge is 2.24. The number of nitrogens with zero attached hydrogens (tertiary/aromatic N) is 2. The normalized spacial score (nSPS) is 20.3. The van der Waals surface area contributed by atoms with Crippen LogP contribution in [0.3, 0.4) is 0 Å². The molecule has 2 N–H and O–H groups in total. The van der Waals surface area contributed by atoms with Crippen molar-refractivity contribution in [1.29, 1.82) is 0 Å². The fourth-order valence-electron chi connectivity index (χ4n) is 3.47. The van der Waals surface area contributed by atoms with Crippen molar-refractivity contribution in [3.63, 3.8) is 0 Å². The molecule has 1 saturated heterocycles. The Morgan fingerprint density at radius 1 is 1.27 bits per heavy atom. The summed E-state index contributed by atoms with van der Waals surface area (Å²) in [6.07, 6.45) is 6.56. The summed E-state index contributed by atoms with van der Waals surface area (Å²) >= 11 is 6.51. The summed E-state index contributed by atoms with van der Waals surface area (Å²) in [5, 5.41) is 7.71. The summed E-state index contributed by atoms with van der Waals surface area (Å²) in [7, 11) is 0. The first-order chi connectivity index (χ1) is 12.8. The molecule has 0 spiro atoms. The summed E-state index contributed by atoms with van der Waals surface area (Å²) < 4.78 is 5.53. The first-order valence-electron chi connectivity index (χ1n) is 9.54. The minimum atomic E-state index is 0.157. The van der Waals surface area contributed by atoms with Crippen LogP contribution in [0.1, 0.15) is 31.4 Å². The molecule has 0 amide bonds. The van der Waals surface area contributed by atoms with E-state index in [1.54, 1.807) is 0 Å². The SMILES string of the molecule is CCNC(=NCC(c1ccccc1Cl)N1CCOCC1)NC1CC=CC1. The second-order valence-electron chi connectivity index (χ2n) is 6.69. The van der Waals surface area contributed by atoms with Gasteiger partial charge < -0.3 is 15.4 Å². The van der Waals surface area contributed by atoms with Gasteiger partial charge in [0.05, 0.1) is 25.8 Å². The molecule has 26 heavy (non-hydrogen) atoms. The van der Waals surface area contributed by atoms with Gasteiger partial charge in [-0.05, 0) is 31.4 Å². The maximum Gasteiger partial charge on any atom is 0.191 e. The summed E-state index contributed by atoms with van der Waals surface area (Å²) in [5.74, 6) is 0.881. The molecule has 1 aromatic rings. The molecule has 1 aliphatic carbocycles. The number of morpholine rings is 1. The van der Waals surface area contributed by atoms with E-state index in [0.717, 1.165) is 62.2 Å². The zero-order chi connectivity index (χ0) is 18.2. The van der Waals surface area contributed by atoms with Crippen LogP contribution >= 0.6 is 11.6 Å². The molecule has 6 heteroatoms. The van der Waals surface area contributed by atoms with Gasteiger partial charge in [-0.25, -0.2) is 0 Å². The van der Waals surface area contributed by atoms with Gasteiger partial charge in [-0.2, -0.15) is 0 Å². The van der Waals surface area contributed by atoms with Crippen LogP contribution in [0, 0.1) is 0 Å². The van der Waals surface area contributed by atoms with Gasteiger partial charge in [0.2, 0.25) is 0 Å². The van der Waals surface area contributed by atoms with Gasteiger partial charge in [0, 0.05) is 30.7 Å². The third-order valence-electron chi connectivity index (χ3n) is 4.87. The maximum absolute atomic E-state index is 6.51. The Hall–Kier alpha value is -1.56. The van der Waals surface area contributed by atoms with Gasteiger partial charge in [-0.3, -0.25) is 9.89 Å². The summed E-state index contributed by atoms with van der Waals surface area (Å²) in [5.41, 5.74) is 1.14. The maximum atomic E-state index is 6.51. The smallest absolute Gasteiger partial charge is 0.191 e. The molecule has 0 saturated carbocycles. The Labute approximate surface area is 161 Å². The lowest BCUT2D eigenvalue weighted by molar-refractivity contribution is 0.0180. The Morgan fingerprint density at radius 2 is 2.00 bits per heavy atom. The first kappa shape index (κ1) is 19.2. The van der Waals surface area contributed by atoms with Crippen molar-refractivity contribution in [3.05, 3.63) is 47.0 Å². The van der Waals surface area contributed by atoms with E-state index in [1.807, 2.05) is 18.2 Å². The second-order valence-corrected chi connectivity index (χ2v) is 7.10. The van der Waals surface area contributed by atoms with Crippen molar-refractivity contribution < 1.29 is 4.74 Å². The number of guanidine groups is 1. The standard InChI is InChI=1S/C20H29ClN4O/c1-2-22-20(24-16-7-3-4-8-16)23-15-19(25-11-13-26-14-12-25)17-9-5-6-10-18(17)21/h3-6,9-10,16,19H,2,7-8,11-15H2,1H3,(H2,22,23,24). The Bertz CT molecular complexity index is 620. The predicted molar refractivity (Wildman–Crippen MR) is 108 cm³/mol. The van der Waals surface area contributed by atoms with Gasteiger partial charge in [-0.15, -0.1) is 0 Å². The monoisotopic (exact) mass is 376 g/mol. The largest absolute Gasteiger partial charge is 0.379 e. The number of nitrogens with one attached hydrogen (secondary N) is 2. The fourth-order valence-corrected chi connectivity index (χ4v) is 3.73. The average Bonchev–Trinajstić information content (AvgIpc) is 3.17. The number of aliphatic imine (C=N–C) groups is 1. The Balaban J connectivity index is 1.75. The molecular weight excluding hydrogens is 348 g/mol. The van der Waals surface area contributed by atoms with Crippen molar-refractivity contribution in [2.24, 2.45) is 4.99 Å². The van der Waals surface area contributed by atoms with E-state index in [0.29, 0.717) is 12.6 Å². The van der Waals surface area contributed by atoms with Gasteiger partial charge in [0.15, 0.2) is 5.96 Å². The highest BCUT2D eigenvalue weighted by molar-refractivity contribution is 6.31. The van der Waals surface area contributed by atoms with Crippen LogP contribution in [-0.2, 0) is 4.74 Å². The van der Waals surface area contributed by atoms with E-state index in [4.69, 9.17) is 21.3 Å². The third kappa shape index (κ3) is 5.22. The van der Waals surface area contributed by atoms with Crippen LogP contribution in [0.5, 0.6) is 0 Å². The van der Waals surface area contributed by atoms with E-state index in [1.165, 1.54) is 0 Å². The molecule has 5 nitrogen and oxygen atoms in total. The number of rotatable bonds is 6. The number of ether oxygens (including phenoxy) is 1. The van der Waals surface area contributed by atoms with E-state index >= 15 is 0 Å². The third-order valence-corrected chi connectivity index (χ3v) is 5.21. The lowest BCUT2D eigenvalue weighted by atomic mass is 10.0. The van der Waals surface area contributed by atoms with Crippen LogP contribution in [0.25, 0.3) is 0 Å². The molecule has 1 aliphatic heterocycles. The minimum absolute atomic E-state index is 0.157. The summed E-state index contributed by atoms with van der Waals surface area (Å²) in [6.45, 7) is 6.94. The molecule has 2 aliphatic rings. The molecule has 1 fully saturated rings. The summed E-state index contributed by atoms with van der Waals surface area (Å²) in [6, 6.07) is 8.69. The molecule has 0 bridgehead atoms. The molecule has 142 valence electrons. The number of hydrogen-bond donors (Lipinski definition) is 2. The Kier molecular flexibility index (Phi) is 7.35. The highest BCUT2D eigenvalue weighted by atomic mass is 35.5. The van der Waals surface area contributed by atoms with Crippen molar-refractivity contribution in [2.75, 3.05) is 39.4 Å². The van der Waals surface area contributed by atoms with Crippen molar-refractivity contribution in [1.82, 2.24) is 15.5 Å². The molecular formula is C20H29ClN4O. The van der Waals surface area contributed by atoms with Crippen LogP contribution < -0.4 is 10.6 Å². The summed E-state index contributed by atoms with van der Waals surface area (Å²) in [4.78, 5) is 7.32. The van der Waals surface area contributed by atoms with Crippen molar-refractivity contribution in [2.45, 2.75) is 31.8 Å². The topological polar surface area (TPSA) is 48.9 Å². The van der Waals surface area contributed by atoms with Crippen molar-refractivity contribution in [3.8, 4) is 0 Å². The quantitative estimate of drug-likeness (QED) is 0.455. The van der Waals surface area contributed by atoms with Gasteiger partial charge in [0.1, 0.15) is 0 Å². The zero-order valence-corrected chi connectivity index (χ0v) is 16.2. The number of benzene rings is 1. The van der Waals surface area contributed by atoms with Gasteiger partial charge in [-0.1, -0.05) is 42.0 Å². The first-order valence-corrected chi connectivity index (χ1v) is 9.91. The lowest BCUT2D eigenvalue weighted by Gasteiger charge is -2.34. The van der Waals surface area contributed by atoms with Gasteiger partial charge in [0.25, 0.3) is 0 Å². The molecule has 1 aromatic carbocycles. The van der Waals surface area contributed by atoms with E-state index in [2.05, 4.69) is 40.7 Å².